The van der Waals surface area contributed by atoms with Gasteiger partial charge in [-0.1, -0.05) is 20.8 Å². The van der Waals surface area contributed by atoms with Gasteiger partial charge >= 0.3 is 0 Å². The lowest BCUT2D eigenvalue weighted by Crippen LogP contribution is -2.50. The Morgan fingerprint density at radius 3 is 2.56 bits per heavy atom. The normalized spacial score (nSPS) is 36.8. The SMILES string of the molecule is CCNC(=S)N(C)C1C(=O)C2(C)CCC1C2(C)C. The number of thiocarbonyl (C=S) groups is 1. The van der Waals surface area contributed by atoms with Crippen LogP contribution in [0.5, 0.6) is 0 Å². The van der Waals surface area contributed by atoms with Gasteiger partial charge in [0.2, 0.25) is 0 Å². The van der Waals surface area contributed by atoms with Crippen molar-refractivity contribution in [1.29, 1.82) is 0 Å². The first-order valence-electron chi connectivity index (χ1n) is 6.82. The monoisotopic (exact) mass is 268 g/mol. The molecule has 0 aromatic rings. The molecule has 0 aliphatic heterocycles. The molecule has 102 valence electrons. The van der Waals surface area contributed by atoms with E-state index in [4.69, 9.17) is 12.2 Å². The molecule has 0 saturated heterocycles. The predicted molar refractivity (Wildman–Crippen MR) is 77.4 cm³/mol. The van der Waals surface area contributed by atoms with Crippen molar-refractivity contribution in [2.24, 2.45) is 16.7 Å². The number of hydrogen-bond donors (Lipinski definition) is 1. The van der Waals surface area contributed by atoms with E-state index in [9.17, 15) is 4.79 Å². The van der Waals surface area contributed by atoms with E-state index in [2.05, 4.69) is 26.1 Å². The van der Waals surface area contributed by atoms with Crippen molar-refractivity contribution >= 4 is 23.1 Å². The Hall–Kier alpha value is -0.640. The van der Waals surface area contributed by atoms with Crippen molar-refractivity contribution in [3.63, 3.8) is 0 Å². The highest BCUT2D eigenvalue weighted by Gasteiger charge is 2.67. The second-order valence-corrected chi connectivity index (χ2v) is 6.84. The van der Waals surface area contributed by atoms with Crippen molar-refractivity contribution in [2.75, 3.05) is 13.6 Å². The Labute approximate surface area is 115 Å². The maximum absolute atomic E-state index is 12.7. The minimum absolute atomic E-state index is 0.0368. The summed E-state index contributed by atoms with van der Waals surface area (Å²) in [4.78, 5) is 14.7. The molecule has 1 N–H and O–H groups in total. The predicted octanol–water partition coefficient (Wildman–Crippen LogP) is 2.21. The van der Waals surface area contributed by atoms with E-state index in [0.717, 1.165) is 19.4 Å². The number of hydrogen-bond acceptors (Lipinski definition) is 2. The van der Waals surface area contributed by atoms with Crippen LogP contribution in [0, 0.1) is 16.7 Å². The van der Waals surface area contributed by atoms with Crippen LogP contribution >= 0.6 is 12.2 Å². The van der Waals surface area contributed by atoms with Crippen LogP contribution in [0.15, 0.2) is 0 Å². The summed E-state index contributed by atoms with van der Waals surface area (Å²) in [6.45, 7) is 9.45. The lowest BCUT2D eigenvalue weighted by atomic mass is 9.70. The van der Waals surface area contributed by atoms with Gasteiger partial charge in [-0.05, 0) is 43.3 Å². The first-order valence-corrected chi connectivity index (χ1v) is 7.23. The van der Waals surface area contributed by atoms with Crippen LogP contribution in [0.4, 0.5) is 0 Å². The zero-order valence-corrected chi connectivity index (χ0v) is 12.9. The van der Waals surface area contributed by atoms with E-state index in [1.165, 1.54) is 0 Å². The summed E-state index contributed by atoms with van der Waals surface area (Å²) < 4.78 is 0. The van der Waals surface area contributed by atoms with Gasteiger partial charge in [0, 0.05) is 19.0 Å². The molecule has 0 aromatic heterocycles. The van der Waals surface area contributed by atoms with Gasteiger partial charge in [0.15, 0.2) is 10.9 Å². The van der Waals surface area contributed by atoms with Gasteiger partial charge in [-0.2, -0.15) is 0 Å². The molecule has 3 nitrogen and oxygen atoms in total. The molecule has 3 unspecified atom stereocenters. The highest BCUT2D eigenvalue weighted by atomic mass is 32.1. The average molecular weight is 268 g/mol. The Kier molecular flexibility index (Phi) is 3.21. The zero-order valence-electron chi connectivity index (χ0n) is 12.0. The van der Waals surface area contributed by atoms with Gasteiger partial charge in [-0.25, -0.2) is 0 Å². The Morgan fingerprint density at radius 2 is 2.11 bits per heavy atom. The van der Waals surface area contributed by atoms with E-state index in [-0.39, 0.29) is 16.9 Å². The molecule has 2 aliphatic carbocycles. The number of Topliss-reactive ketones (excluding diaryl/α,β-unsaturated/α-hetero) is 1. The number of nitrogens with one attached hydrogen (secondary N) is 1. The summed E-state index contributed by atoms with van der Waals surface area (Å²) in [5.74, 6) is 0.808. The van der Waals surface area contributed by atoms with Crippen molar-refractivity contribution in [3.05, 3.63) is 0 Å². The molecule has 0 aromatic carbocycles. The fourth-order valence-electron chi connectivity index (χ4n) is 3.89. The molecule has 3 atom stereocenters. The molecule has 18 heavy (non-hydrogen) atoms. The number of carbonyl (C=O) groups is 1. The van der Waals surface area contributed by atoms with Crippen LogP contribution in [0.1, 0.15) is 40.5 Å². The average Bonchev–Trinajstić information content (AvgIpc) is 2.60. The van der Waals surface area contributed by atoms with Crippen molar-refractivity contribution < 1.29 is 4.79 Å². The summed E-state index contributed by atoms with van der Waals surface area (Å²) >= 11 is 5.36. The number of nitrogens with zero attached hydrogens (tertiary/aromatic N) is 1. The minimum atomic E-state index is -0.168. The first kappa shape index (κ1) is 13.8. The molecular formula is C14H24N2OS. The molecule has 2 saturated carbocycles. The molecule has 0 heterocycles. The highest BCUT2D eigenvalue weighted by Crippen LogP contribution is 2.64. The van der Waals surface area contributed by atoms with E-state index < -0.39 is 0 Å². The standard InChI is InChI=1S/C14H24N2OS/c1-6-15-12(18)16(5)10-9-7-8-14(4,11(10)17)13(9,2)3/h9-10H,6-8H2,1-5H3,(H,15,18). The number of likely N-dealkylation sites (N-methyl/N-ethyl adjacent to an activating group) is 1. The van der Waals surface area contributed by atoms with E-state index >= 15 is 0 Å². The smallest absolute Gasteiger partial charge is 0.169 e. The van der Waals surface area contributed by atoms with Crippen molar-refractivity contribution in [3.8, 4) is 0 Å². The van der Waals surface area contributed by atoms with Crippen LogP contribution in [-0.4, -0.2) is 35.4 Å². The van der Waals surface area contributed by atoms with Crippen LogP contribution < -0.4 is 5.32 Å². The maximum Gasteiger partial charge on any atom is 0.169 e. The summed E-state index contributed by atoms with van der Waals surface area (Å²) in [5, 5.41) is 3.84. The summed E-state index contributed by atoms with van der Waals surface area (Å²) in [5.41, 5.74) is -0.0801. The molecule has 2 fully saturated rings. The molecule has 0 amide bonds. The zero-order chi connectivity index (χ0) is 13.7. The van der Waals surface area contributed by atoms with Gasteiger partial charge in [0.05, 0.1) is 6.04 Å². The summed E-state index contributed by atoms with van der Waals surface area (Å²) in [6, 6.07) is -0.0368. The van der Waals surface area contributed by atoms with Crippen molar-refractivity contribution in [1.82, 2.24) is 10.2 Å². The van der Waals surface area contributed by atoms with E-state index in [0.29, 0.717) is 16.8 Å². The van der Waals surface area contributed by atoms with Gasteiger partial charge in [-0.3, -0.25) is 4.79 Å². The second-order valence-electron chi connectivity index (χ2n) is 6.45. The quantitative estimate of drug-likeness (QED) is 0.778. The summed E-state index contributed by atoms with van der Waals surface area (Å²) in [6.07, 6.45) is 2.17. The molecule has 2 aliphatic rings. The third-order valence-corrected chi connectivity index (χ3v) is 6.00. The van der Waals surface area contributed by atoms with Crippen LogP contribution in [0.3, 0.4) is 0 Å². The van der Waals surface area contributed by atoms with Crippen LogP contribution in [-0.2, 0) is 4.79 Å². The Balaban J connectivity index is 2.27. The molecular weight excluding hydrogens is 244 g/mol. The maximum atomic E-state index is 12.7. The summed E-state index contributed by atoms with van der Waals surface area (Å²) in [7, 11) is 1.95. The van der Waals surface area contributed by atoms with Gasteiger partial charge in [0.25, 0.3) is 0 Å². The third kappa shape index (κ3) is 1.54. The number of rotatable bonds is 2. The van der Waals surface area contributed by atoms with E-state index in [1.807, 2.05) is 18.9 Å². The molecule has 0 radical (unpaired) electrons. The Bertz CT molecular complexity index is 393. The van der Waals surface area contributed by atoms with Gasteiger partial charge in [0.1, 0.15) is 0 Å². The number of ketones is 1. The van der Waals surface area contributed by atoms with Gasteiger partial charge in [-0.15, -0.1) is 0 Å². The first-order chi connectivity index (χ1) is 8.27. The fraction of sp³-hybridized carbons (Fsp3) is 0.857. The molecule has 0 spiro atoms. The highest BCUT2D eigenvalue weighted by molar-refractivity contribution is 7.80. The van der Waals surface area contributed by atoms with Crippen LogP contribution in [0.2, 0.25) is 0 Å². The lowest BCUT2D eigenvalue weighted by Gasteiger charge is -2.33. The molecule has 4 heteroatoms. The topological polar surface area (TPSA) is 32.3 Å². The molecule has 2 bridgehead atoms. The lowest BCUT2D eigenvalue weighted by molar-refractivity contribution is -0.131. The van der Waals surface area contributed by atoms with Gasteiger partial charge < -0.3 is 10.2 Å². The van der Waals surface area contributed by atoms with Crippen LogP contribution in [0.25, 0.3) is 0 Å². The van der Waals surface area contributed by atoms with E-state index in [1.54, 1.807) is 0 Å². The minimum Gasteiger partial charge on any atom is -0.363 e. The third-order valence-electron chi connectivity index (χ3n) is 5.56. The number of carbonyl (C=O) groups excluding carboxylic acids is 1. The second kappa shape index (κ2) is 4.19. The Morgan fingerprint density at radius 1 is 1.50 bits per heavy atom. The fourth-order valence-corrected chi connectivity index (χ4v) is 4.14. The molecule has 2 rings (SSSR count). The number of fused-ring (bicyclic) bond motifs is 2. The van der Waals surface area contributed by atoms with Crippen molar-refractivity contribution in [2.45, 2.75) is 46.6 Å². The largest absolute Gasteiger partial charge is 0.363 e.